The molecule has 3 rings (SSSR count). The van der Waals surface area contributed by atoms with Crippen molar-refractivity contribution < 1.29 is 9.84 Å². The lowest BCUT2D eigenvalue weighted by atomic mass is 10.3. The molecule has 19 heavy (non-hydrogen) atoms. The Morgan fingerprint density at radius 2 is 2.42 bits per heavy atom. The zero-order valence-corrected chi connectivity index (χ0v) is 10.7. The molecule has 0 spiro atoms. The molecule has 2 aromatic rings. The van der Waals surface area contributed by atoms with Crippen LogP contribution in [0.5, 0.6) is 5.75 Å². The van der Waals surface area contributed by atoms with Gasteiger partial charge in [-0.3, -0.25) is 9.58 Å². The van der Waals surface area contributed by atoms with E-state index in [4.69, 9.17) is 4.74 Å². The summed E-state index contributed by atoms with van der Waals surface area (Å²) in [5.74, 6) is 1.58. The second kappa shape index (κ2) is 5.02. The summed E-state index contributed by atoms with van der Waals surface area (Å²) < 4.78 is 7.43. The molecule has 1 saturated heterocycles. The number of aryl methyl sites for hydroxylation is 1. The Balaban J connectivity index is 1.59. The number of nitrogens with zero attached hydrogens (tertiary/aromatic N) is 4. The van der Waals surface area contributed by atoms with Crippen molar-refractivity contribution in [2.45, 2.75) is 18.8 Å². The second-order valence-corrected chi connectivity index (χ2v) is 4.80. The van der Waals surface area contributed by atoms with Gasteiger partial charge in [-0.1, -0.05) is 0 Å². The number of likely N-dealkylation sites (tertiary alicyclic amines) is 1. The number of ether oxygens (including phenoxy) is 1. The highest BCUT2D eigenvalue weighted by Gasteiger charge is 2.33. The highest BCUT2D eigenvalue weighted by Crippen LogP contribution is 2.19. The Labute approximate surface area is 110 Å². The Bertz CT molecular complexity index is 524. The van der Waals surface area contributed by atoms with Gasteiger partial charge >= 0.3 is 0 Å². The van der Waals surface area contributed by atoms with E-state index >= 15 is 0 Å². The van der Waals surface area contributed by atoms with Gasteiger partial charge < -0.3 is 14.8 Å². The first-order valence-electron chi connectivity index (χ1n) is 6.24. The Morgan fingerprint density at radius 1 is 1.53 bits per heavy atom. The molecule has 0 bridgehead atoms. The van der Waals surface area contributed by atoms with Gasteiger partial charge in [0.25, 0.3) is 0 Å². The molecule has 1 aliphatic rings. The van der Waals surface area contributed by atoms with E-state index in [2.05, 4.69) is 20.0 Å². The number of hydrogen-bond acceptors (Lipinski definition) is 5. The van der Waals surface area contributed by atoms with Gasteiger partial charge in [0.15, 0.2) is 5.75 Å². The van der Waals surface area contributed by atoms with Gasteiger partial charge in [-0.25, -0.2) is 4.98 Å². The number of aliphatic hydroxyl groups is 1. The Morgan fingerprint density at radius 3 is 3.11 bits per heavy atom. The van der Waals surface area contributed by atoms with E-state index in [1.54, 1.807) is 29.5 Å². The predicted octanol–water partition coefficient (Wildman–Crippen LogP) is -0.233. The SMILES string of the molecule is Cn1cc(O[C@@H]2CN(Cc3ncc[nH]3)C[C@H]2O)cn1. The van der Waals surface area contributed by atoms with Crippen LogP contribution in [0.4, 0.5) is 0 Å². The van der Waals surface area contributed by atoms with Crippen molar-refractivity contribution in [3.8, 4) is 5.75 Å². The summed E-state index contributed by atoms with van der Waals surface area (Å²) in [7, 11) is 1.83. The average molecular weight is 263 g/mol. The second-order valence-electron chi connectivity index (χ2n) is 4.80. The third-order valence-corrected chi connectivity index (χ3v) is 3.21. The lowest BCUT2D eigenvalue weighted by molar-refractivity contribution is 0.0736. The molecular formula is C12H17N5O2. The van der Waals surface area contributed by atoms with Crippen molar-refractivity contribution in [3.63, 3.8) is 0 Å². The summed E-state index contributed by atoms with van der Waals surface area (Å²) in [4.78, 5) is 9.36. The zero-order chi connectivity index (χ0) is 13.2. The largest absolute Gasteiger partial charge is 0.483 e. The van der Waals surface area contributed by atoms with Crippen LogP contribution in [0.3, 0.4) is 0 Å². The van der Waals surface area contributed by atoms with Crippen LogP contribution >= 0.6 is 0 Å². The molecule has 7 heteroatoms. The number of β-amino-alcohol motifs (C(OH)–C–C–N with tert-alkyl or cyclic N) is 1. The molecule has 1 aliphatic heterocycles. The zero-order valence-electron chi connectivity index (χ0n) is 10.7. The van der Waals surface area contributed by atoms with Crippen molar-refractivity contribution in [1.29, 1.82) is 0 Å². The minimum Gasteiger partial charge on any atom is -0.483 e. The first-order chi connectivity index (χ1) is 9.20. The first kappa shape index (κ1) is 12.2. The maximum absolute atomic E-state index is 10.0. The van der Waals surface area contributed by atoms with E-state index < -0.39 is 6.10 Å². The van der Waals surface area contributed by atoms with Crippen LogP contribution in [0.2, 0.25) is 0 Å². The average Bonchev–Trinajstić information content (AvgIpc) is 3.06. The molecule has 0 aliphatic carbocycles. The van der Waals surface area contributed by atoms with Crippen LogP contribution in [-0.2, 0) is 13.6 Å². The third-order valence-electron chi connectivity index (χ3n) is 3.21. The summed E-state index contributed by atoms with van der Waals surface area (Å²) >= 11 is 0. The van der Waals surface area contributed by atoms with E-state index in [0.29, 0.717) is 25.4 Å². The fourth-order valence-corrected chi connectivity index (χ4v) is 2.31. The van der Waals surface area contributed by atoms with Gasteiger partial charge in [-0.15, -0.1) is 0 Å². The van der Waals surface area contributed by atoms with Crippen molar-refractivity contribution in [1.82, 2.24) is 24.6 Å². The van der Waals surface area contributed by atoms with Crippen LogP contribution in [0, 0.1) is 0 Å². The molecule has 0 saturated carbocycles. The topological polar surface area (TPSA) is 79.2 Å². The van der Waals surface area contributed by atoms with Crippen LogP contribution in [0.1, 0.15) is 5.82 Å². The number of aromatic amines is 1. The van der Waals surface area contributed by atoms with Gasteiger partial charge in [0, 0.05) is 32.5 Å². The lowest BCUT2D eigenvalue weighted by Crippen LogP contribution is -2.29. The molecule has 0 amide bonds. The van der Waals surface area contributed by atoms with Gasteiger partial charge in [0.05, 0.1) is 18.9 Å². The number of rotatable bonds is 4. The standard InChI is InChI=1S/C12H17N5O2/c1-16-5-9(4-15-16)19-11-7-17(6-10(11)18)8-12-13-2-3-14-12/h2-5,10-11,18H,6-8H2,1H3,(H,13,14)/t10-,11-/m1/s1. The number of imidazole rings is 1. The summed E-state index contributed by atoms with van der Waals surface area (Å²) in [6, 6.07) is 0. The Kier molecular flexibility index (Phi) is 3.22. The molecule has 1 fully saturated rings. The van der Waals surface area contributed by atoms with Crippen molar-refractivity contribution in [2.75, 3.05) is 13.1 Å². The molecule has 0 radical (unpaired) electrons. The van der Waals surface area contributed by atoms with Crippen molar-refractivity contribution in [3.05, 3.63) is 30.6 Å². The fourth-order valence-electron chi connectivity index (χ4n) is 2.31. The number of H-pyrrole nitrogens is 1. The first-order valence-corrected chi connectivity index (χ1v) is 6.24. The van der Waals surface area contributed by atoms with Crippen LogP contribution < -0.4 is 4.74 Å². The summed E-state index contributed by atoms with van der Waals surface area (Å²) in [6.07, 6.45) is 6.26. The highest BCUT2D eigenvalue weighted by atomic mass is 16.5. The number of aliphatic hydroxyl groups excluding tert-OH is 1. The number of hydrogen-bond donors (Lipinski definition) is 2. The van der Waals surface area contributed by atoms with Gasteiger partial charge in [0.2, 0.25) is 0 Å². The summed E-state index contributed by atoms with van der Waals surface area (Å²) in [5, 5.41) is 14.1. The van der Waals surface area contributed by atoms with E-state index in [1.807, 2.05) is 7.05 Å². The summed E-state index contributed by atoms with van der Waals surface area (Å²) in [5.41, 5.74) is 0. The highest BCUT2D eigenvalue weighted by molar-refractivity contribution is 5.13. The van der Waals surface area contributed by atoms with E-state index in [0.717, 1.165) is 5.82 Å². The molecule has 7 nitrogen and oxygen atoms in total. The van der Waals surface area contributed by atoms with E-state index in [-0.39, 0.29) is 6.10 Å². The van der Waals surface area contributed by atoms with E-state index in [1.165, 1.54) is 0 Å². The maximum atomic E-state index is 10.0. The van der Waals surface area contributed by atoms with E-state index in [9.17, 15) is 5.11 Å². The van der Waals surface area contributed by atoms with Crippen LogP contribution in [-0.4, -0.2) is 55.1 Å². The normalized spacial score (nSPS) is 23.9. The van der Waals surface area contributed by atoms with Crippen LogP contribution in [0.15, 0.2) is 24.8 Å². The smallest absolute Gasteiger partial charge is 0.157 e. The fraction of sp³-hybridized carbons (Fsp3) is 0.500. The minimum absolute atomic E-state index is 0.223. The molecular weight excluding hydrogens is 246 g/mol. The van der Waals surface area contributed by atoms with Gasteiger partial charge in [0.1, 0.15) is 18.0 Å². The number of nitrogens with one attached hydrogen (secondary N) is 1. The predicted molar refractivity (Wildman–Crippen MR) is 67.5 cm³/mol. The molecule has 2 atom stereocenters. The molecule has 0 aromatic carbocycles. The minimum atomic E-state index is -0.491. The molecule has 2 aromatic heterocycles. The van der Waals surface area contributed by atoms with Gasteiger partial charge in [-0.2, -0.15) is 5.10 Å². The molecule has 3 heterocycles. The van der Waals surface area contributed by atoms with Crippen molar-refractivity contribution in [2.24, 2.45) is 7.05 Å². The molecule has 0 unspecified atom stereocenters. The van der Waals surface area contributed by atoms with Gasteiger partial charge in [-0.05, 0) is 0 Å². The maximum Gasteiger partial charge on any atom is 0.157 e. The molecule has 102 valence electrons. The molecule has 2 N–H and O–H groups in total. The van der Waals surface area contributed by atoms with Crippen LogP contribution in [0.25, 0.3) is 0 Å². The quantitative estimate of drug-likeness (QED) is 0.796. The monoisotopic (exact) mass is 263 g/mol. The lowest BCUT2D eigenvalue weighted by Gasteiger charge is -2.15. The van der Waals surface area contributed by atoms with Crippen molar-refractivity contribution >= 4 is 0 Å². The summed E-state index contributed by atoms with van der Waals surface area (Å²) in [6.45, 7) is 1.96. The number of aromatic nitrogens is 4. The third kappa shape index (κ3) is 2.77. The Hall–Kier alpha value is -1.86.